The van der Waals surface area contributed by atoms with Crippen LogP contribution in [-0.2, 0) is 16.0 Å². The zero-order chi connectivity index (χ0) is 11.6. The average molecular weight is 222 g/mol. The molecule has 4 nitrogen and oxygen atoms in total. The third-order valence-electron chi connectivity index (χ3n) is 2.10. The van der Waals surface area contributed by atoms with Gasteiger partial charge in [-0.05, 0) is 18.5 Å². The molecule has 0 saturated carbocycles. The highest BCUT2D eigenvalue weighted by Crippen LogP contribution is 1.97. The molecule has 0 aliphatic heterocycles. The molecule has 1 rings (SSSR count). The Morgan fingerprint density at radius 1 is 1.25 bits per heavy atom. The zero-order valence-electron chi connectivity index (χ0n) is 9.32. The highest BCUT2D eigenvalue weighted by Gasteiger charge is 1.94. The molecule has 0 aliphatic carbocycles. The molecule has 16 heavy (non-hydrogen) atoms. The molecule has 0 atom stereocenters. The first-order valence-corrected chi connectivity index (χ1v) is 5.40. The molecule has 0 fully saturated rings. The van der Waals surface area contributed by atoms with Crippen LogP contribution in [0.1, 0.15) is 5.56 Å². The highest BCUT2D eigenvalue weighted by atomic mass is 16.5. The van der Waals surface area contributed by atoms with Crippen molar-refractivity contribution in [2.24, 2.45) is 5.73 Å². The van der Waals surface area contributed by atoms with Crippen LogP contribution in [0.15, 0.2) is 30.3 Å². The fourth-order valence-electron chi connectivity index (χ4n) is 1.32. The van der Waals surface area contributed by atoms with Crippen LogP contribution in [0.5, 0.6) is 0 Å². The quantitative estimate of drug-likeness (QED) is 0.623. The number of nitrogens with two attached hydrogens (primary N) is 1. The van der Waals surface area contributed by atoms with E-state index in [1.165, 1.54) is 5.56 Å². The predicted molar refractivity (Wildman–Crippen MR) is 63.0 cm³/mol. The van der Waals surface area contributed by atoms with Gasteiger partial charge in [-0.1, -0.05) is 30.3 Å². The summed E-state index contributed by atoms with van der Waals surface area (Å²) in [5.41, 5.74) is 6.24. The van der Waals surface area contributed by atoms with E-state index in [9.17, 15) is 4.79 Å². The summed E-state index contributed by atoms with van der Waals surface area (Å²) in [6.45, 7) is 2.15. The summed E-state index contributed by atoms with van der Waals surface area (Å²) in [4.78, 5) is 10.3. The summed E-state index contributed by atoms with van der Waals surface area (Å²) in [5.74, 6) is -0.427. The summed E-state index contributed by atoms with van der Waals surface area (Å²) >= 11 is 0. The number of benzene rings is 1. The SMILES string of the molecule is NC(=O)COCCNCCc1ccccc1. The van der Waals surface area contributed by atoms with Crippen LogP contribution in [0.2, 0.25) is 0 Å². The summed E-state index contributed by atoms with van der Waals surface area (Å²) < 4.78 is 5.01. The Bertz CT molecular complexity index is 301. The third-order valence-corrected chi connectivity index (χ3v) is 2.10. The van der Waals surface area contributed by atoms with Crippen molar-refractivity contribution in [1.82, 2.24) is 5.32 Å². The van der Waals surface area contributed by atoms with Gasteiger partial charge in [0.2, 0.25) is 5.91 Å². The summed E-state index contributed by atoms with van der Waals surface area (Å²) in [5, 5.41) is 3.23. The van der Waals surface area contributed by atoms with Gasteiger partial charge < -0.3 is 15.8 Å². The standard InChI is InChI=1S/C12H18N2O2/c13-12(15)10-16-9-8-14-7-6-11-4-2-1-3-5-11/h1-5,14H,6-10H2,(H2,13,15). The average Bonchev–Trinajstić information content (AvgIpc) is 2.29. The topological polar surface area (TPSA) is 64.4 Å². The Balaban J connectivity index is 1.94. The van der Waals surface area contributed by atoms with Crippen molar-refractivity contribution in [3.63, 3.8) is 0 Å². The van der Waals surface area contributed by atoms with Crippen LogP contribution < -0.4 is 11.1 Å². The number of ether oxygens (including phenoxy) is 1. The molecule has 0 aromatic heterocycles. The van der Waals surface area contributed by atoms with E-state index in [1.54, 1.807) is 0 Å². The first-order valence-electron chi connectivity index (χ1n) is 5.40. The number of nitrogens with one attached hydrogen (secondary N) is 1. The van der Waals surface area contributed by atoms with Crippen molar-refractivity contribution in [2.45, 2.75) is 6.42 Å². The fourth-order valence-corrected chi connectivity index (χ4v) is 1.32. The lowest BCUT2D eigenvalue weighted by molar-refractivity contribution is -0.122. The molecule has 1 amide bonds. The number of rotatable bonds is 8. The lowest BCUT2D eigenvalue weighted by Crippen LogP contribution is -2.25. The van der Waals surface area contributed by atoms with E-state index in [-0.39, 0.29) is 6.61 Å². The van der Waals surface area contributed by atoms with Gasteiger partial charge in [-0.3, -0.25) is 4.79 Å². The minimum absolute atomic E-state index is 0.000362. The number of hydrogen-bond donors (Lipinski definition) is 2. The van der Waals surface area contributed by atoms with Crippen molar-refractivity contribution in [3.8, 4) is 0 Å². The first kappa shape index (κ1) is 12.7. The minimum atomic E-state index is -0.427. The normalized spacial score (nSPS) is 10.2. The number of amides is 1. The Morgan fingerprint density at radius 2 is 2.00 bits per heavy atom. The Morgan fingerprint density at radius 3 is 2.69 bits per heavy atom. The summed E-state index contributed by atoms with van der Waals surface area (Å²) in [6.07, 6.45) is 0.997. The van der Waals surface area contributed by atoms with Crippen molar-refractivity contribution < 1.29 is 9.53 Å². The van der Waals surface area contributed by atoms with Gasteiger partial charge in [-0.2, -0.15) is 0 Å². The molecular formula is C12H18N2O2. The van der Waals surface area contributed by atoms with Gasteiger partial charge >= 0.3 is 0 Å². The van der Waals surface area contributed by atoms with Crippen LogP contribution >= 0.6 is 0 Å². The molecule has 88 valence electrons. The molecule has 1 aromatic rings. The maximum Gasteiger partial charge on any atom is 0.243 e. The van der Waals surface area contributed by atoms with Gasteiger partial charge in [0.05, 0.1) is 6.61 Å². The Kier molecular flexibility index (Phi) is 6.22. The second kappa shape index (κ2) is 7.84. The number of carbonyl (C=O) groups excluding carboxylic acids is 1. The number of primary amides is 1. The second-order valence-corrected chi connectivity index (χ2v) is 3.50. The molecule has 0 unspecified atom stereocenters. The van der Waals surface area contributed by atoms with E-state index >= 15 is 0 Å². The predicted octanol–water partition coefficient (Wildman–Crippen LogP) is 0.321. The summed E-state index contributed by atoms with van der Waals surface area (Å²) in [7, 11) is 0. The maximum atomic E-state index is 10.3. The number of hydrogen-bond acceptors (Lipinski definition) is 3. The largest absolute Gasteiger partial charge is 0.370 e. The van der Waals surface area contributed by atoms with Crippen LogP contribution in [-0.4, -0.2) is 32.2 Å². The smallest absolute Gasteiger partial charge is 0.243 e. The van der Waals surface area contributed by atoms with E-state index < -0.39 is 5.91 Å². The second-order valence-electron chi connectivity index (χ2n) is 3.50. The van der Waals surface area contributed by atoms with Gasteiger partial charge in [0.15, 0.2) is 0 Å². The maximum absolute atomic E-state index is 10.3. The van der Waals surface area contributed by atoms with Gasteiger partial charge in [0.25, 0.3) is 0 Å². The lowest BCUT2D eigenvalue weighted by Gasteiger charge is -2.05. The fraction of sp³-hybridized carbons (Fsp3) is 0.417. The molecule has 0 bridgehead atoms. The molecule has 0 heterocycles. The molecule has 1 aromatic carbocycles. The summed E-state index contributed by atoms with van der Waals surface area (Å²) in [6, 6.07) is 10.3. The van der Waals surface area contributed by atoms with E-state index in [1.807, 2.05) is 18.2 Å². The van der Waals surface area contributed by atoms with Gasteiger partial charge in [0.1, 0.15) is 6.61 Å². The Labute approximate surface area is 95.8 Å². The van der Waals surface area contributed by atoms with Crippen LogP contribution in [0.4, 0.5) is 0 Å². The number of carbonyl (C=O) groups is 1. The Hall–Kier alpha value is -1.39. The van der Waals surface area contributed by atoms with E-state index in [0.29, 0.717) is 6.61 Å². The van der Waals surface area contributed by atoms with Gasteiger partial charge in [-0.25, -0.2) is 0 Å². The van der Waals surface area contributed by atoms with Crippen molar-refractivity contribution in [1.29, 1.82) is 0 Å². The molecule has 0 aliphatic rings. The molecule has 0 saturated heterocycles. The van der Waals surface area contributed by atoms with E-state index in [4.69, 9.17) is 10.5 Å². The molecule has 0 spiro atoms. The highest BCUT2D eigenvalue weighted by molar-refractivity contribution is 5.74. The lowest BCUT2D eigenvalue weighted by atomic mass is 10.1. The van der Waals surface area contributed by atoms with Gasteiger partial charge in [0, 0.05) is 6.54 Å². The van der Waals surface area contributed by atoms with Crippen LogP contribution in [0.25, 0.3) is 0 Å². The van der Waals surface area contributed by atoms with Crippen molar-refractivity contribution in [3.05, 3.63) is 35.9 Å². The first-order chi connectivity index (χ1) is 7.79. The third kappa shape index (κ3) is 6.16. The van der Waals surface area contributed by atoms with E-state index in [2.05, 4.69) is 17.4 Å². The molecular weight excluding hydrogens is 204 g/mol. The molecule has 4 heteroatoms. The van der Waals surface area contributed by atoms with Crippen molar-refractivity contribution in [2.75, 3.05) is 26.3 Å². The van der Waals surface area contributed by atoms with Crippen LogP contribution in [0, 0.1) is 0 Å². The van der Waals surface area contributed by atoms with E-state index in [0.717, 1.165) is 19.5 Å². The van der Waals surface area contributed by atoms with Crippen LogP contribution in [0.3, 0.4) is 0 Å². The zero-order valence-corrected chi connectivity index (χ0v) is 9.32. The molecule has 3 N–H and O–H groups in total. The van der Waals surface area contributed by atoms with Gasteiger partial charge in [-0.15, -0.1) is 0 Å². The van der Waals surface area contributed by atoms with Crippen molar-refractivity contribution >= 4 is 5.91 Å². The molecule has 0 radical (unpaired) electrons. The monoisotopic (exact) mass is 222 g/mol. The minimum Gasteiger partial charge on any atom is -0.370 e.